The van der Waals surface area contributed by atoms with Gasteiger partial charge in [-0.05, 0) is 30.9 Å². The summed E-state index contributed by atoms with van der Waals surface area (Å²) in [6.45, 7) is 7.22. The summed E-state index contributed by atoms with van der Waals surface area (Å²) < 4.78 is 0. The van der Waals surface area contributed by atoms with Gasteiger partial charge in [-0.3, -0.25) is 4.79 Å². The van der Waals surface area contributed by atoms with Crippen LogP contribution in [0.3, 0.4) is 0 Å². The number of amides is 1. The van der Waals surface area contributed by atoms with Crippen molar-refractivity contribution in [3.63, 3.8) is 0 Å². The first kappa shape index (κ1) is 14.2. The molecule has 1 aromatic rings. The van der Waals surface area contributed by atoms with Crippen LogP contribution in [0.5, 0.6) is 0 Å². The lowest BCUT2D eigenvalue weighted by Crippen LogP contribution is -2.44. The molecule has 4 nitrogen and oxygen atoms in total. The predicted molar refractivity (Wildman–Crippen MR) is 69.6 cm³/mol. The highest BCUT2D eigenvalue weighted by Gasteiger charge is 2.24. The molecule has 0 aliphatic heterocycles. The van der Waals surface area contributed by atoms with Crippen molar-refractivity contribution in [1.82, 2.24) is 5.32 Å². The van der Waals surface area contributed by atoms with Crippen LogP contribution in [-0.2, 0) is 4.79 Å². The van der Waals surface area contributed by atoms with Gasteiger partial charge < -0.3 is 10.4 Å². The van der Waals surface area contributed by atoms with Crippen LogP contribution < -0.4 is 5.32 Å². The van der Waals surface area contributed by atoms with E-state index in [-0.39, 0.29) is 11.8 Å². The van der Waals surface area contributed by atoms with Gasteiger partial charge >= 0.3 is 5.97 Å². The first-order valence-electron chi connectivity index (χ1n) is 5.94. The minimum absolute atomic E-state index is 0.157. The first-order valence-corrected chi connectivity index (χ1v) is 5.94. The maximum absolute atomic E-state index is 12.1. The van der Waals surface area contributed by atoms with Gasteiger partial charge in [0.05, 0.1) is 0 Å². The van der Waals surface area contributed by atoms with E-state index in [1.54, 1.807) is 13.8 Å². The number of carbonyl (C=O) groups is 2. The van der Waals surface area contributed by atoms with E-state index in [1.807, 2.05) is 32.0 Å². The summed E-state index contributed by atoms with van der Waals surface area (Å²) >= 11 is 0. The Morgan fingerprint density at radius 1 is 1.17 bits per heavy atom. The molecular weight excluding hydrogens is 230 g/mol. The molecule has 4 heteroatoms. The predicted octanol–water partition coefficient (Wildman–Crippen LogP) is 2.14. The van der Waals surface area contributed by atoms with Crippen molar-refractivity contribution in [2.24, 2.45) is 5.92 Å². The molecule has 0 aromatic heterocycles. The van der Waals surface area contributed by atoms with Gasteiger partial charge in [0, 0.05) is 5.56 Å². The van der Waals surface area contributed by atoms with Crippen LogP contribution in [-0.4, -0.2) is 23.0 Å². The molecule has 98 valence electrons. The molecule has 1 atom stereocenters. The lowest BCUT2D eigenvalue weighted by Gasteiger charge is -2.19. The number of hydrogen-bond donors (Lipinski definition) is 2. The molecule has 0 bridgehead atoms. The van der Waals surface area contributed by atoms with Crippen LogP contribution in [0.1, 0.15) is 35.3 Å². The number of carbonyl (C=O) groups excluding carboxylic acids is 1. The lowest BCUT2D eigenvalue weighted by molar-refractivity contribution is -0.140. The number of aliphatic carboxylic acids is 1. The third kappa shape index (κ3) is 3.09. The molecule has 0 saturated heterocycles. The van der Waals surface area contributed by atoms with E-state index < -0.39 is 12.0 Å². The van der Waals surface area contributed by atoms with E-state index in [0.717, 1.165) is 11.1 Å². The SMILES string of the molecule is Cc1cccc(C)c1C(=O)N[C@H](C(=O)O)C(C)C. The van der Waals surface area contributed by atoms with Crippen molar-refractivity contribution < 1.29 is 14.7 Å². The minimum atomic E-state index is -1.01. The highest BCUT2D eigenvalue weighted by atomic mass is 16.4. The van der Waals surface area contributed by atoms with Gasteiger partial charge in [0.1, 0.15) is 6.04 Å². The summed E-state index contributed by atoms with van der Waals surface area (Å²) in [4.78, 5) is 23.2. The highest BCUT2D eigenvalue weighted by Crippen LogP contribution is 2.14. The lowest BCUT2D eigenvalue weighted by atomic mass is 10.00. The molecule has 0 spiro atoms. The molecule has 18 heavy (non-hydrogen) atoms. The van der Waals surface area contributed by atoms with Gasteiger partial charge in [0.25, 0.3) is 5.91 Å². The second-order valence-electron chi connectivity index (χ2n) is 4.80. The quantitative estimate of drug-likeness (QED) is 0.859. The van der Waals surface area contributed by atoms with Gasteiger partial charge in [-0.2, -0.15) is 0 Å². The average molecular weight is 249 g/mol. The third-order valence-corrected chi connectivity index (χ3v) is 2.93. The molecule has 0 aliphatic carbocycles. The third-order valence-electron chi connectivity index (χ3n) is 2.93. The molecule has 0 fully saturated rings. The van der Waals surface area contributed by atoms with Crippen LogP contribution >= 0.6 is 0 Å². The van der Waals surface area contributed by atoms with Gasteiger partial charge in [-0.25, -0.2) is 4.79 Å². The van der Waals surface area contributed by atoms with E-state index in [9.17, 15) is 9.59 Å². The molecule has 0 heterocycles. The van der Waals surface area contributed by atoms with Crippen molar-refractivity contribution in [3.8, 4) is 0 Å². The number of carboxylic acid groups (broad SMARTS) is 1. The summed E-state index contributed by atoms with van der Waals surface area (Å²) in [7, 11) is 0. The number of benzene rings is 1. The molecule has 1 amide bonds. The Labute approximate surface area is 107 Å². The van der Waals surface area contributed by atoms with Crippen molar-refractivity contribution in [1.29, 1.82) is 0 Å². The Morgan fingerprint density at radius 2 is 1.67 bits per heavy atom. The van der Waals surface area contributed by atoms with Crippen molar-refractivity contribution in [2.75, 3.05) is 0 Å². The largest absolute Gasteiger partial charge is 0.480 e. The second-order valence-corrected chi connectivity index (χ2v) is 4.80. The molecule has 0 unspecified atom stereocenters. The monoisotopic (exact) mass is 249 g/mol. The van der Waals surface area contributed by atoms with Crippen molar-refractivity contribution in [3.05, 3.63) is 34.9 Å². The Hall–Kier alpha value is -1.84. The van der Waals surface area contributed by atoms with Crippen LogP contribution in [0.2, 0.25) is 0 Å². The normalized spacial score (nSPS) is 12.3. The van der Waals surface area contributed by atoms with Crippen molar-refractivity contribution >= 4 is 11.9 Å². The Morgan fingerprint density at radius 3 is 2.06 bits per heavy atom. The first-order chi connectivity index (χ1) is 8.34. The number of nitrogens with one attached hydrogen (secondary N) is 1. The van der Waals surface area contributed by atoms with E-state index in [0.29, 0.717) is 5.56 Å². The zero-order valence-electron chi connectivity index (χ0n) is 11.2. The number of rotatable bonds is 4. The average Bonchev–Trinajstić information content (AvgIpc) is 2.24. The molecule has 1 rings (SSSR count). The number of aryl methyl sites for hydroxylation is 2. The van der Waals surface area contributed by atoms with Gasteiger partial charge in [-0.1, -0.05) is 32.0 Å². The van der Waals surface area contributed by atoms with Crippen LogP contribution in [0.15, 0.2) is 18.2 Å². The second kappa shape index (κ2) is 5.67. The minimum Gasteiger partial charge on any atom is -0.480 e. The van der Waals surface area contributed by atoms with Crippen LogP contribution in [0.25, 0.3) is 0 Å². The summed E-state index contributed by atoms with van der Waals surface area (Å²) in [6.07, 6.45) is 0. The fourth-order valence-corrected chi connectivity index (χ4v) is 1.90. The van der Waals surface area contributed by atoms with E-state index in [4.69, 9.17) is 5.11 Å². The summed E-state index contributed by atoms with van der Waals surface area (Å²) in [6, 6.07) is 4.69. The zero-order chi connectivity index (χ0) is 13.9. The summed E-state index contributed by atoms with van der Waals surface area (Å²) in [5, 5.41) is 11.6. The highest BCUT2D eigenvalue weighted by molar-refractivity contribution is 5.99. The smallest absolute Gasteiger partial charge is 0.326 e. The van der Waals surface area contributed by atoms with Gasteiger partial charge in [0.15, 0.2) is 0 Å². The molecule has 2 N–H and O–H groups in total. The van der Waals surface area contributed by atoms with Gasteiger partial charge in [-0.15, -0.1) is 0 Å². The Bertz CT molecular complexity index is 446. The van der Waals surface area contributed by atoms with E-state index in [2.05, 4.69) is 5.32 Å². The molecule has 0 radical (unpaired) electrons. The maximum atomic E-state index is 12.1. The number of hydrogen-bond acceptors (Lipinski definition) is 2. The van der Waals surface area contributed by atoms with Crippen LogP contribution in [0.4, 0.5) is 0 Å². The molecular formula is C14H19NO3. The van der Waals surface area contributed by atoms with E-state index >= 15 is 0 Å². The topological polar surface area (TPSA) is 66.4 Å². The Balaban J connectivity index is 2.98. The zero-order valence-corrected chi connectivity index (χ0v) is 11.2. The summed E-state index contributed by atoms with van der Waals surface area (Å²) in [5.41, 5.74) is 2.25. The van der Waals surface area contributed by atoms with Crippen LogP contribution in [0, 0.1) is 19.8 Å². The molecule has 1 aromatic carbocycles. The standard InChI is InChI=1S/C14H19NO3/c1-8(2)12(14(17)18)15-13(16)11-9(3)6-5-7-10(11)4/h5-8,12H,1-4H3,(H,15,16)(H,17,18)/t12-/m0/s1. The van der Waals surface area contributed by atoms with Gasteiger partial charge in [0.2, 0.25) is 0 Å². The van der Waals surface area contributed by atoms with Crippen molar-refractivity contribution in [2.45, 2.75) is 33.7 Å². The van der Waals surface area contributed by atoms with E-state index in [1.165, 1.54) is 0 Å². The summed E-state index contributed by atoms with van der Waals surface area (Å²) in [5.74, 6) is -1.49. The molecule has 0 saturated carbocycles. The Kier molecular flexibility index (Phi) is 4.48. The number of carboxylic acids is 1. The fourth-order valence-electron chi connectivity index (χ4n) is 1.90. The fraction of sp³-hybridized carbons (Fsp3) is 0.429. The maximum Gasteiger partial charge on any atom is 0.326 e. The molecule has 0 aliphatic rings.